The summed E-state index contributed by atoms with van der Waals surface area (Å²) in [5.74, 6) is -0.376. The van der Waals surface area contributed by atoms with Crippen molar-refractivity contribution in [2.75, 3.05) is 6.54 Å². The molecule has 0 bridgehead atoms. The fraction of sp³-hybridized carbons (Fsp3) is 0.318. The van der Waals surface area contributed by atoms with Crippen molar-refractivity contribution in [2.24, 2.45) is 10.7 Å². The molecule has 0 saturated carbocycles. The number of hydrogen-bond donors (Lipinski definition) is 2. The first kappa shape index (κ1) is 20.9. The van der Waals surface area contributed by atoms with Gasteiger partial charge in [0.1, 0.15) is 5.54 Å². The van der Waals surface area contributed by atoms with E-state index in [0.29, 0.717) is 11.6 Å². The molecule has 1 atom stereocenters. The fourth-order valence-corrected chi connectivity index (χ4v) is 3.59. The minimum absolute atomic E-state index is 0.0378. The van der Waals surface area contributed by atoms with Crippen LogP contribution in [0, 0.1) is 0 Å². The minimum atomic E-state index is -1.19. The first-order chi connectivity index (χ1) is 13.9. The zero-order chi connectivity index (χ0) is 20.9. The first-order valence-corrected chi connectivity index (χ1v) is 9.97. The molecule has 1 aliphatic heterocycles. The van der Waals surface area contributed by atoms with E-state index in [2.05, 4.69) is 22.4 Å². The molecule has 0 spiro atoms. The van der Waals surface area contributed by atoms with Gasteiger partial charge in [0.05, 0.1) is 13.0 Å². The lowest BCUT2D eigenvalue weighted by Gasteiger charge is -2.22. The maximum absolute atomic E-state index is 12.9. The van der Waals surface area contributed by atoms with Crippen LogP contribution in [0.5, 0.6) is 0 Å². The standard InChI is InChI=1S/C22H25ClN4O2/c1-22(14-19(28)25-12-6-10-16-7-3-2-4-8-16)20(29)27(21(24)26-22)15-17-9-5-11-18(23)13-17/h2-5,7-9,11,13H,6,10,12,14-15H2,1H3,(H2,24,26)(H,25,28). The number of benzene rings is 2. The zero-order valence-corrected chi connectivity index (χ0v) is 17.2. The lowest BCUT2D eigenvalue weighted by molar-refractivity contribution is -0.134. The molecule has 2 aromatic rings. The van der Waals surface area contributed by atoms with Crippen molar-refractivity contribution in [3.8, 4) is 0 Å². The number of nitrogens with two attached hydrogens (primary N) is 1. The third-order valence-corrected chi connectivity index (χ3v) is 5.12. The predicted octanol–water partition coefficient (Wildman–Crippen LogP) is 2.89. The number of nitrogens with zero attached hydrogens (tertiary/aromatic N) is 2. The summed E-state index contributed by atoms with van der Waals surface area (Å²) in [5, 5.41) is 3.46. The molecule has 29 heavy (non-hydrogen) atoms. The van der Waals surface area contributed by atoms with E-state index in [1.54, 1.807) is 19.1 Å². The predicted molar refractivity (Wildman–Crippen MR) is 114 cm³/mol. The number of nitrogens with one attached hydrogen (secondary N) is 1. The summed E-state index contributed by atoms with van der Waals surface area (Å²) in [6, 6.07) is 17.3. The average Bonchev–Trinajstić information content (AvgIpc) is 2.89. The van der Waals surface area contributed by atoms with Crippen molar-refractivity contribution >= 4 is 29.4 Å². The third kappa shape index (κ3) is 5.35. The van der Waals surface area contributed by atoms with E-state index in [9.17, 15) is 9.59 Å². The summed E-state index contributed by atoms with van der Waals surface area (Å²) in [5.41, 5.74) is 6.87. The Morgan fingerprint density at radius 2 is 1.90 bits per heavy atom. The SMILES string of the molecule is CC1(CC(=O)NCCCc2ccccc2)N=C(N)N(Cc2cccc(Cl)c2)C1=O. The maximum Gasteiger partial charge on any atom is 0.257 e. The number of guanidine groups is 1. The van der Waals surface area contributed by atoms with Crippen LogP contribution in [0.2, 0.25) is 5.02 Å². The van der Waals surface area contributed by atoms with Crippen molar-refractivity contribution in [2.45, 2.75) is 38.3 Å². The highest BCUT2D eigenvalue weighted by Gasteiger charge is 2.45. The second-order valence-corrected chi connectivity index (χ2v) is 7.82. The van der Waals surface area contributed by atoms with Crippen LogP contribution in [0.4, 0.5) is 0 Å². The van der Waals surface area contributed by atoms with Gasteiger partial charge in [0.15, 0.2) is 5.96 Å². The molecule has 6 nitrogen and oxygen atoms in total. The first-order valence-electron chi connectivity index (χ1n) is 9.60. The highest BCUT2D eigenvalue weighted by molar-refractivity contribution is 6.30. The number of amides is 2. The van der Waals surface area contributed by atoms with Crippen LogP contribution < -0.4 is 11.1 Å². The Hall–Kier alpha value is -2.86. The molecule has 2 aromatic carbocycles. The molecule has 1 unspecified atom stereocenters. The van der Waals surface area contributed by atoms with E-state index in [0.717, 1.165) is 18.4 Å². The molecule has 2 amide bonds. The summed E-state index contributed by atoms with van der Waals surface area (Å²) in [7, 11) is 0. The highest BCUT2D eigenvalue weighted by Crippen LogP contribution is 2.27. The number of rotatable bonds is 8. The molecule has 1 heterocycles. The second-order valence-electron chi connectivity index (χ2n) is 7.38. The maximum atomic E-state index is 12.9. The molecule has 3 N–H and O–H groups in total. The zero-order valence-electron chi connectivity index (χ0n) is 16.4. The van der Waals surface area contributed by atoms with Crippen molar-refractivity contribution in [3.05, 3.63) is 70.7 Å². The smallest absolute Gasteiger partial charge is 0.257 e. The number of aryl methyl sites for hydroxylation is 1. The normalized spacial score (nSPS) is 18.6. The van der Waals surface area contributed by atoms with Gasteiger partial charge in [0.25, 0.3) is 5.91 Å². The van der Waals surface area contributed by atoms with Crippen LogP contribution in [0.1, 0.15) is 30.9 Å². The minimum Gasteiger partial charge on any atom is -0.369 e. The van der Waals surface area contributed by atoms with E-state index in [4.69, 9.17) is 17.3 Å². The molecular formula is C22H25ClN4O2. The summed E-state index contributed by atoms with van der Waals surface area (Å²) in [6.07, 6.45) is 1.67. The topological polar surface area (TPSA) is 87.8 Å². The Labute approximate surface area is 175 Å². The molecule has 0 aromatic heterocycles. The van der Waals surface area contributed by atoms with Crippen molar-refractivity contribution in [3.63, 3.8) is 0 Å². The van der Waals surface area contributed by atoms with Crippen molar-refractivity contribution < 1.29 is 9.59 Å². The van der Waals surface area contributed by atoms with E-state index in [-0.39, 0.29) is 30.7 Å². The van der Waals surface area contributed by atoms with E-state index >= 15 is 0 Å². The summed E-state index contributed by atoms with van der Waals surface area (Å²) < 4.78 is 0. The van der Waals surface area contributed by atoms with Gasteiger partial charge >= 0.3 is 0 Å². The van der Waals surface area contributed by atoms with Crippen LogP contribution in [-0.2, 0) is 22.6 Å². The Kier molecular flexibility index (Phi) is 6.54. The summed E-state index contributed by atoms with van der Waals surface area (Å²) >= 11 is 6.01. The van der Waals surface area contributed by atoms with Crippen LogP contribution in [0.3, 0.4) is 0 Å². The number of carbonyl (C=O) groups is 2. The van der Waals surface area contributed by atoms with Gasteiger partial charge in [-0.3, -0.25) is 14.5 Å². The Balaban J connectivity index is 1.51. The van der Waals surface area contributed by atoms with Gasteiger partial charge in [-0.05, 0) is 43.0 Å². The number of hydrogen-bond acceptors (Lipinski definition) is 4. The van der Waals surface area contributed by atoms with E-state index in [1.165, 1.54) is 10.5 Å². The highest BCUT2D eigenvalue weighted by atomic mass is 35.5. The van der Waals surface area contributed by atoms with E-state index < -0.39 is 5.54 Å². The van der Waals surface area contributed by atoms with Crippen LogP contribution in [-0.4, -0.2) is 34.8 Å². The van der Waals surface area contributed by atoms with Gasteiger partial charge in [-0.15, -0.1) is 0 Å². The molecule has 0 saturated heterocycles. The molecule has 0 aliphatic carbocycles. The molecule has 3 rings (SSSR count). The molecule has 1 aliphatic rings. The van der Waals surface area contributed by atoms with Gasteiger partial charge in [-0.1, -0.05) is 54.1 Å². The lowest BCUT2D eigenvalue weighted by atomic mass is 9.97. The van der Waals surface area contributed by atoms with Crippen LogP contribution >= 0.6 is 11.6 Å². The number of carbonyl (C=O) groups excluding carboxylic acids is 2. The summed E-state index contributed by atoms with van der Waals surface area (Å²) in [6.45, 7) is 2.45. The number of halogens is 1. The van der Waals surface area contributed by atoms with E-state index in [1.807, 2.05) is 30.3 Å². The molecule has 0 radical (unpaired) electrons. The quantitative estimate of drug-likeness (QED) is 0.653. The Bertz CT molecular complexity index is 916. The second kappa shape index (κ2) is 9.09. The van der Waals surface area contributed by atoms with Crippen molar-refractivity contribution in [1.82, 2.24) is 10.2 Å². The molecule has 0 fully saturated rings. The van der Waals surface area contributed by atoms with Gasteiger partial charge < -0.3 is 11.1 Å². The van der Waals surface area contributed by atoms with Gasteiger partial charge in [0.2, 0.25) is 5.91 Å². The largest absolute Gasteiger partial charge is 0.369 e. The Morgan fingerprint density at radius 3 is 2.62 bits per heavy atom. The Morgan fingerprint density at radius 1 is 1.17 bits per heavy atom. The van der Waals surface area contributed by atoms with Gasteiger partial charge in [0, 0.05) is 11.6 Å². The molecule has 152 valence electrons. The van der Waals surface area contributed by atoms with Crippen LogP contribution in [0.25, 0.3) is 0 Å². The number of aliphatic imine (C=N–C) groups is 1. The third-order valence-electron chi connectivity index (χ3n) is 4.89. The fourth-order valence-electron chi connectivity index (χ4n) is 3.38. The molecular weight excluding hydrogens is 388 g/mol. The van der Waals surface area contributed by atoms with Gasteiger partial charge in [-0.2, -0.15) is 0 Å². The lowest BCUT2D eigenvalue weighted by Crippen LogP contribution is -2.44. The van der Waals surface area contributed by atoms with Gasteiger partial charge in [-0.25, -0.2) is 4.99 Å². The van der Waals surface area contributed by atoms with Crippen molar-refractivity contribution in [1.29, 1.82) is 0 Å². The average molecular weight is 413 g/mol. The van der Waals surface area contributed by atoms with Crippen LogP contribution in [0.15, 0.2) is 59.6 Å². The molecule has 7 heteroatoms. The summed E-state index contributed by atoms with van der Waals surface area (Å²) in [4.78, 5) is 31.0. The monoisotopic (exact) mass is 412 g/mol.